The summed E-state index contributed by atoms with van der Waals surface area (Å²) in [4.78, 5) is 23.6. The second-order valence-corrected chi connectivity index (χ2v) is 5.53. The molecule has 0 bridgehead atoms. The van der Waals surface area contributed by atoms with E-state index in [0.29, 0.717) is 18.8 Å². The molecule has 1 saturated heterocycles. The number of amides is 2. The zero-order valence-electron chi connectivity index (χ0n) is 13.5. The Labute approximate surface area is 136 Å². The summed E-state index contributed by atoms with van der Waals surface area (Å²) in [7, 11) is 0. The van der Waals surface area contributed by atoms with Crippen molar-refractivity contribution in [3.63, 3.8) is 0 Å². The number of ether oxygens (including phenoxy) is 2. The molecule has 0 aliphatic carbocycles. The van der Waals surface area contributed by atoms with E-state index in [1.165, 1.54) is 0 Å². The fraction of sp³-hybridized carbons (Fsp3) is 0.529. The summed E-state index contributed by atoms with van der Waals surface area (Å²) in [5, 5.41) is 5.15. The Morgan fingerprint density at radius 3 is 2.70 bits per heavy atom. The summed E-state index contributed by atoms with van der Waals surface area (Å²) in [5.74, 6) is -0.578. The summed E-state index contributed by atoms with van der Waals surface area (Å²) in [6, 6.07) is 6.98. The van der Waals surface area contributed by atoms with Crippen LogP contribution in [0.15, 0.2) is 24.3 Å². The molecule has 6 heteroatoms. The molecule has 1 aliphatic heterocycles. The summed E-state index contributed by atoms with van der Waals surface area (Å²) >= 11 is 0. The number of unbranched alkanes of at least 4 members (excludes halogenated alkanes) is 1. The van der Waals surface area contributed by atoms with Crippen LogP contribution in [0.1, 0.15) is 32.6 Å². The van der Waals surface area contributed by atoms with Gasteiger partial charge < -0.3 is 20.1 Å². The highest BCUT2D eigenvalue weighted by Crippen LogP contribution is 2.16. The molecule has 2 rings (SSSR count). The van der Waals surface area contributed by atoms with Crippen LogP contribution < -0.4 is 15.4 Å². The second-order valence-electron chi connectivity index (χ2n) is 5.53. The molecule has 1 atom stereocenters. The van der Waals surface area contributed by atoms with Gasteiger partial charge in [-0.25, -0.2) is 0 Å². The highest BCUT2D eigenvalue weighted by molar-refractivity contribution is 6.39. The van der Waals surface area contributed by atoms with Gasteiger partial charge in [-0.15, -0.1) is 0 Å². The number of carbonyl (C=O) groups is 2. The lowest BCUT2D eigenvalue weighted by molar-refractivity contribution is -0.136. The first-order chi connectivity index (χ1) is 11.2. The molecule has 126 valence electrons. The van der Waals surface area contributed by atoms with Gasteiger partial charge in [-0.1, -0.05) is 13.3 Å². The second kappa shape index (κ2) is 9.15. The average molecular weight is 320 g/mol. The summed E-state index contributed by atoms with van der Waals surface area (Å²) < 4.78 is 10.9. The van der Waals surface area contributed by atoms with Crippen molar-refractivity contribution in [3.8, 4) is 5.75 Å². The molecule has 1 aromatic rings. The van der Waals surface area contributed by atoms with Crippen molar-refractivity contribution in [2.45, 2.75) is 38.7 Å². The van der Waals surface area contributed by atoms with Crippen LogP contribution in [0.3, 0.4) is 0 Å². The van der Waals surface area contributed by atoms with Gasteiger partial charge in [0.2, 0.25) is 0 Å². The van der Waals surface area contributed by atoms with Gasteiger partial charge in [-0.2, -0.15) is 0 Å². The Balaban J connectivity index is 1.74. The Bertz CT molecular complexity index is 510. The van der Waals surface area contributed by atoms with Gasteiger partial charge in [0.05, 0.1) is 12.7 Å². The summed E-state index contributed by atoms with van der Waals surface area (Å²) in [6.45, 7) is 3.87. The first-order valence-corrected chi connectivity index (χ1v) is 8.12. The van der Waals surface area contributed by atoms with Crippen LogP contribution >= 0.6 is 0 Å². The van der Waals surface area contributed by atoms with Gasteiger partial charge in [0.25, 0.3) is 0 Å². The van der Waals surface area contributed by atoms with Crippen LogP contribution in [0, 0.1) is 0 Å². The maximum Gasteiger partial charge on any atom is 0.313 e. The fourth-order valence-corrected chi connectivity index (χ4v) is 2.25. The standard InChI is InChI=1S/C17H24N2O4/c1-2-3-10-22-14-8-6-13(7-9-14)19-17(21)16(20)18-12-15-5-4-11-23-15/h6-9,15H,2-5,10-12H2,1H3,(H,18,20)(H,19,21)/t15-/m0/s1. The molecule has 0 radical (unpaired) electrons. The van der Waals surface area contributed by atoms with E-state index in [-0.39, 0.29) is 6.10 Å². The third-order valence-electron chi connectivity index (χ3n) is 3.60. The molecule has 0 spiro atoms. The van der Waals surface area contributed by atoms with Gasteiger partial charge in [-0.3, -0.25) is 9.59 Å². The van der Waals surface area contributed by atoms with Crippen molar-refractivity contribution in [1.29, 1.82) is 0 Å². The molecule has 6 nitrogen and oxygen atoms in total. The quantitative estimate of drug-likeness (QED) is 0.596. The molecular formula is C17H24N2O4. The van der Waals surface area contributed by atoms with E-state index in [1.54, 1.807) is 24.3 Å². The highest BCUT2D eigenvalue weighted by atomic mass is 16.5. The van der Waals surface area contributed by atoms with E-state index in [1.807, 2.05) is 0 Å². The van der Waals surface area contributed by atoms with Crippen molar-refractivity contribution in [1.82, 2.24) is 5.32 Å². The lowest BCUT2D eigenvalue weighted by Gasteiger charge is -2.11. The Kier molecular flexibility index (Phi) is 6.87. The SMILES string of the molecule is CCCCOc1ccc(NC(=O)C(=O)NC[C@@H]2CCCO2)cc1. The van der Waals surface area contributed by atoms with E-state index in [9.17, 15) is 9.59 Å². The zero-order valence-corrected chi connectivity index (χ0v) is 13.5. The van der Waals surface area contributed by atoms with Gasteiger partial charge in [0.1, 0.15) is 5.75 Å². The van der Waals surface area contributed by atoms with E-state index in [4.69, 9.17) is 9.47 Å². The zero-order chi connectivity index (χ0) is 16.5. The molecule has 1 heterocycles. The Hall–Kier alpha value is -2.08. The van der Waals surface area contributed by atoms with Crippen LogP contribution in [0.4, 0.5) is 5.69 Å². The monoisotopic (exact) mass is 320 g/mol. The van der Waals surface area contributed by atoms with Crippen LogP contribution in [0.2, 0.25) is 0 Å². The number of benzene rings is 1. The molecule has 1 aliphatic rings. The molecular weight excluding hydrogens is 296 g/mol. The number of anilines is 1. The first-order valence-electron chi connectivity index (χ1n) is 8.12. The smallest absolute Gasteiger partial charge is 0.313 e. The predicted molar refractivity (Wildman–Crippen MR) is 87.5 cm³/mol. The first kappa shape index (κ1) is 17.3. The van der Waals surface area contributed by atoms with E-state index < -0.39 is 11.8 Å². The van der Waals surface area contributed by atoms with E-state index in [2.05, 4.69) is 17.6 Å². The minimum atomic E-state index is -0.678. The topological polar surface area (TPSA) is 76.7 Å². The lowest BCUT2D eigenvalue weighted by Crippen LogP contribution is -2.39. The minimum Gasteiger partial charge on any atom is -0.494 e. The number of nitrogens with one attached hydrogen (secondary N) is 2. The molecule has 23 heavy (non-hydrogen) atoms. The number of rotatable bonds is 7. The fourth-order valence-electron chi connectivity index (χ4n) is 2.25. The number of hydrogen-bond donors (Lipinski definition) is 2. The van der Waals surface area contributed by atoms with Gasteiger partial charge in [0, 0.05) is 18.8 Å². The third-order valence-corrected chi connectivity index (χ3v) is 3.60. The van der Waals surface area contributed by atoms with Gasteiger partial charge >= 0.3 is 11.8 Å². The van der Waals surface area contributed by atoms with Crippen molar-refractivity contribution in [3.05, 3.63) is 24.3 Å². The van der Waals surface area contributed by atoms with Crippen molar-refractivity contribution in [2.24, 2.45) is 0 Å². The van der Waals surface area contributed by atoms with Crippen LogP contribution in [-0.4, -0.2) is 37.7 Å². The normalized spacial score (nSPS) is 16.8. The molecule has 2 N–H and O–H groups in total. The molecule has 2 amide bonds. The van der Waals surface area contributed by atoms with Crippen LogP contribution in [-0.2, 0) is 14.3 Å². The summed E-state index contributed by atoms with van der Waals surface area (Å²) in [5.41, 5.74) is 0.560. The van der Waals surface area contributed by atoms with E-state index in [0.717, 1.165) is 38.0 Å². The number of carbonyl (C=O) groups excluding carboxylic acids is 2. The highest BCUT2D eigenvalue weighted by Gasteiger charge is 2.19. The van der Waals surface area contributed by atoms with Gasteiger partial charge in [0.15, 0.2) is 0 Å². The van der Waals surface area contributed by atoms with Crippen LogP contribution in [0.25, 0.3) is 0 Å². The van der Waals surface area contributed by atoms with Crippen molar-refractivity contribution in [2.75, 3.05) is 25.1 Å². The van der Waals surface area contributed by atoms with Crippen LogP contribution in [0.5, 0.6) is 5.75 Å². The van der Waals surface area contributed by atoms with Gasteiger partial charge in [-0.05, 0) is 43.5 Å². The number of hydrogen-bond acceptors (Lipinski definition) is 4. The van der Waals surface area contributed by atoms with Crippen molar-refractivity contribution < 1.29 is 19.1 Å². The molecule has 0 saturated carbocycles. The maximum atomic E-state index is 11.8. The van der Waals surface area contributed by atoms with Crippen molar-refractivity contribution >= 4 is 17.5 Å². The molecule has 1 aromatic carbocycles. The largest absolute Gasteiger partial charge is 0.494 e. The molecule has 0 aromatic heterocycles. The minimum absolute atomic E-state index is 0.0197. The summed E-state index contributed by atoms with van der Waals surface area (Å²) in [6.07, 6.45) is 4.02. The lowest BCUT2D eigenvalue weighted by atomic mass is 10.2. The Morgan fingerprint density at radius 1 is 1.26 bits per heavy atom. The maximum absolute atomic E-state index is 11.8. The average Bonchev–Trinajstić information content (AvgIpc) is 3.08. The predicted octanol–water partition coefficient (Wildman–Crippen LogP) is 2.10. The molecule has 1 fully saturated rings. The third kappa shape index (κ3) is 5.90. The Morgan fingerprint density at radius 2 is 2.04 bits per heavy atom. The van der Waals surface area contributed by atoms with E-state index >= 15 is 0 Å². The molecule has 0 unspecified atom stereocenters.